The van der Waals surface area contributed by atoms with Gasteiger partial charge in [-0.3, -0.25) is 4.79 Å². The van der Waals surface area contributed by atoms with Crippen molar-refractivity contribution in [2.45, 2.75) is 12.4 Å². The zero-order chi connectivity index (χ0) is 21.7. The summed E-state index contributed by atoms with van der Waals surface area (Å²) in [6.45, 7) is 0. The van der Waals surface area contributed by atoms with Gasteiger partial charge in [-0.15, -0.1) is 0 Å². The van der Waals surface area contributed by atoms with E-state index >= 15 is 0 Å². The Labute approximate surface area is 163 Å². The molecule has 4 nitrogen and oxygen atoms in total. The van der Waals surface area contributed by atoms with Gasteiger partial charge < -0.3 is 15.5 Å². The Kier molecular flexibility index (Phi) is 4.94. The molecular weight excluding hydrogens is 426 g/mol. The lowest BCUT2D eigenvalue weighted by molar-refractivity contribution is -0.142. The number of fused-ring (bicyclic) bond motifs is 1. The molecule has 0 spiro atoms. The van der Waals surface area contributed by atoms with Crippen LogP contribution in [-0.2, 0) is 12.4 Å². The van der Waals surface area contributed by atoms with E-state index in [1.54, 1.807) is 0 Å². The molecule has 3 aromatic rings. The highest BCUT2D eigenvalue weighted by Gasteiger charge is 2.39. The minimum absolute atomic E-state index is 0.0272. The van der Waals surface area contributed by atoms with Gasteiger partial charge in [0.25, 0.3) is 5.56 Å². The van der Waals surface area contributed by atoms with Crippen molar-refractivity contribution >= 4 is 28.2 Å². The van der Waals surface area contributed by atoms with Crippen LogP contribution in [0.5, 0.6) is 5.75 Å². The average Bonchev–Trinajstić information content (AvgIpc) is 2.60. The molecule has 0 radical (unpaired) electrons. The smallest absolute Gasteiger partial charge is 0.417 e. The lowest BCUT2D eigenvalue weighted by Crippen LogP contribution is -2.18. The van der Waals surface area contributed by atoms with Crippen LogP contribution in [0.25, 0.3) is 22.0 Å². The van der Waals surface area contributed by atoms with Gasteiger partial charge in [0.15, 0.2) is 0 Å². The van der Waals surface area contributed by atoms with Crippen molar-refractivity contribution < 1.29 is 31.1 Å². The lowest BCUT2D eigenvalue weighted by Gasteiger charge is -2.19. The Bertz CT molecular complexity index is 1170. The van der Waals surface area contributed by atoms with Gasteiger partial charge in [-0.2, -0.15) is 26.3 Å². The number of nitrogens with two attached hydrogens (primary N) is 1. The molecule has 0 saturated heterocycles. The van der Waals surface area contributed by atoms with Gasteiger partial charge in [-0.1, -0.05) is 11.6 Å². The summed E-state index contributed by atoms with van der Waals surface area (Å²) in [7, 11) is 1.23. The minimum atomic E-state index is -5.18. The summed E-state index contributed by atoms with van der Waals surface area (Å²) in [6.07, 6.45) is -10.2. The Balaban J connectivity index is 2.60. The molecule has 2 aromatic carbocycles. The number of hydrogen-bond acceptors (Lipinski definition) is 3. The normalized spacial score (nSPS) is 12.4. The number of methoxy groups -OCH3 is 1. The van der Waals surface area contributed by atoms with Crippen molar-refractivity contribution in [3.05, 3.63) is 56.8 Å². The van der Waals surface area contributed by atoms with Crippen molar-refractivity contribution in [1.29, 1.82) is 0 Å². The number of ether oxygens (including phenoxy) is 1. The van der Waals surface area contributed by atoms with E-state index < -0.39 is 51.2 Å². The molecule has 0 amide bonds. The average molecular weight is 437 g/mol. The number of hydrogen-bond donors (Lipinski definition) is 2. The molecule has 0 saturated carbocycles. The number of alkyl halides is 6. The molecule has 3 rings (SSSR count). The second-order valence-corrected chi connectivity index (χ2v) is 6.47. The van der Waals surface area contributed by atoms with Gasteiger partial charge in [0.05, 0.1) is 23.8 Å². The number of nitrogen functional groups attached to an aromatic ring is 1. The third kappa shape index (κ3) is 3.71. The third-order valence-corrected chi connectivity index (χ3v) is 4.45. The Hall–Kier alpha value is -2.88. The Morgan fingerprint density at radius 2 is 1.69 bits per heavy atom. The summed E-state index contributed by atoms with van der Waals surface area (Å²) in [5.74, 6) is 0.0287. The van der Waals surface area contributed by atoms with Gasteiger partial charge in [0.1, 0.15) is 11.4 Å². The topological polar surface area (TPSA) is 68.1 Å². The van der Waals surface area contributed by atoms with E-state index in [0.717, 1.165) is 0 Å². The molecule has 0 aliphatic rings. The maximum absolute atomic E-state index is 13.7. The van der Waals surface area contributed by atoms with E-state index in [0.29, 0.717) is 6.07 Å². The van der Waals surface area contributed by atoms with Crippen LogP contribution in [-0.4, -0.2) is 12.1 Å². The van der Waals surface area contributed by atoms with Crippen LogP contribution in [0.15, 0.2) is 35.1 Å². The van der Waals surface area contributed by atoms with Gasteiger partial charge in [0.2, 0.25) is 0 Å². The Morgan fingerprint density at radius 3 is 2.24 bits per heavy atom. The maximum atomic E-state index is 13.7. The predicted molar refractivity (Wildman–Crippen MR) is 96.0 cm³/mol. The van der Waals surface area contributed by atoms with E-state index in [4.69, 9.17) is 22.1 Å². The van der Waals surface area contributed by atoms with E-state index in [9.17, 15) is 31.1 Å². The first-order chi connectivity index (χ1) is 13.3. The number of anilines is 1. The standard InChI is InChI=1S/C18H11ClF6N2O2/c1-29-12-3-2-8(19)6-9(12)13-14-10(18(23,24)25)4-7(17(20,21)22)5-11(14)27-16(28)15(13)26/h2-6H,26H2,1H3,(H,27,28). The summed E-state index contributed by atoms with van der Waals surface area (Å²) < 4.78 is 85.7. The van der Waals surface area contributed by atoms with Crippen LogP contribution >= 0.6 is 11.6 Å². The van der Waals surface area contributed by atoms with E-state index in [1.807, 2.05) is 4.98 Å². The predicted octanol–water partition coefficient (Wildman–Crippen LogP) is 5.48. The molecule has 0 atom stereocenters. The van der Waals surface area contributed by atoms with Crippen LogP contribution in [0.3, 0.4) is 0 Å². The quantitative estimate of drug-likeness (QED) is 0.523. The summed E-state index contributed by atoms with van der Waals surface area (Å²) in [6, 6.07) is 4.33. The fourth-order valence-electron chi connectivity index (χ4n) is 2.99. The molecule has 0 aliphatic heterocycles. The number of nitrogens with one attached hydrogen (secondary N) is 1. The molecule has 1 heterocycles. The largest absolute Gasteiger partial charge is 0.496 e. The van der Waals surface area contributed by atoms with Gasteiger partial charge >= 0.3 is 12.4 Å². The molecule has 11 heteroatoms. The highest BCUT2D eigenvalue weighted by atomic mass is 35.5. The molecule has 0 fully saturated rings. The highest BCUT2D eigenvalue weighted by molar-refractivity contribution is 6.31. The van der Waals surface area contributed by atoms with Crippen LogP contribution in [0.4, 0.5) is 32.0 Å². The molecule has 1 aromatic heterocycles. The molecular formula is C18H11ClF6N2O2. The summed E-state index contributed by atoms with van der Waals surface area (Å²) in [4.78, 5) is 14.2. The van der Waals surface area contributed by atoms with Crippen molar-refractivity contribution in [2.24, 2.45) is 0 Å². The molecule has 0 bridgehead atoms. The molecule has 29 heavy (non-hydrogen) atoms. The number of halogens is 7. The molecule has 0 unspecified atom stereocenters. The fraction of sp³-hybridized carbons (Fsp3) is 0.167. The van der Waals surface area contributed by atoms with Crippen LogP contribution in [0.1, 0.15) is 11.1 Å². The zero-order valence-electron chi connectivity index (χ0n) is 14.4. The third-order valence-electron chi connectivity index (χ3n) is 4.21. The number of pyridine rings is 1. The molecule has 3 N–H and O–H groups in total. The number of benzene rings is 2. The SMILES string of the molecule is COc1ccc(Cl)cc1-c1c(N)c(=O)[nH]c2cc(C(F)(F)F)cc(C(F)(F)F)c12. The van der Waals surface area contributed by atoms with Crippen LogP contribution < -0.4 is 16.0 Å². The van der Waals surface area contributed by atoms with Crippen molar-refractivity contribution in [2.75, 3.05) is 12.8 Å². The highest BCUT2D eigenvalue weighted by Crippen LogP contribution is 2.45. The van der Waals surface area contributed by atoms with E-state index in [-0.39, 0.29) is 22.4 Å². The number of rotatable bonds is 2. The Morgan fingerprint density at radius 1 is 1.03 bits per heavy atom. The minimum Gasteiger partial charge on any atom is -0.496 e. The monoisotopic (exact) mass is 436 g/mol. The van der Waals surface area contributed by atoms with Crippen LogP contribution in [0.2, 0.25) is 5.02 Å². The van der Waals surface area contributed by atoms with Crippen molar-refractivity contribution in [1.82, 2.24) is 4.98 Å². The maximum Gasteiger partial charge on any atom is 0.417 e. The lowest BCUT2D eigenvalue weighted by atomic mass is 9.93. The van der Waals surface area contributed by atoms with E-state index in [1.165, 1.54) is 25.3 Å². The van der Waals surface area contributed by atoms with Gasteiger partial charge in [-0.05, 0) is 30.3 Å². The van der Waals surface area contributed by atoms with Gasteiger partial charge in [0, 0.05) is 21.5 Å². The van der Waals surface area contributed by atoms with Crippen LogP contribution in [0, 0.1) is 0 Å². The summed E-state index contributed by atoms with van der Waals surface area (Å²) in [5.41, 5.74) is -0.269. The van der Waals surface area contributed by atoms with E-state index in [2.05, 4.69) is 0 Å². The first-order valence-corrected chi connectivity index (χ1v) is 8.20. The van der Waals surface area contributed by atoms with Crippen molar-refractivity contribution in [3.8, 4) is 16.9 Å². The van der Waals surface area contributed by atoms with Gasteiger partial charge in [-0.25, -0.2) is 0 Å². The second-order valence-electron chi connectivity index (χ2n) is 6.03. The number of H-pyrrole nitrogens is 1. The number of aromatic amines is 1. The first-order valence-electron chi connectivity index (χ1n) is 7.82. The fourth-order valence-corrected chi connectivity index (χ4v) is 3.16. The van der Waals surface area contributed by atoms with Crippen molar-refractivity contribution in [3.63, 3.8) is 0 Å². The molecule has 0 aliphatic carbocycles. The first kappa shape index (κ1) is 20.8. The summed E-state index contributed by atoms with van der Waals surface area (Å²) >= 11 is 5.93. The number of aromatic nitrogens is 1. The zero-order valence-corrected chi connectivity index (χ0v) is 15.2. The second kappa shape index (κ2) is 6.87. The molecule has 154 valence electrons. The summed E-state index contributed by atoms with van der Waals surface area (Å²) in [5, 5.41) is -0.614.